The molecule has 7 nitrogen and oxygen atoms in total. The molecule has 4 N–H and O–H groups in total. The van der Waals surface area contributed by atoms with E-state index in [9.17, 15) is 14.4 Å². The van der Waals surface area contributed by atoms with E-state index in [0.29, 0.717) is 35.9 Å². The summed E-state index contributed by atoms with van der Waals surface area (Å²) in [5, 5.41) is 11.7. The number of carbonyl (C=O) groups is 3. The molecular weight excluding hydrogens is 416 g/mol. The molecule has 0 bridgehead atoms. The van der Waals surface area contributed by atoms with Gasteiger partial charge in [-0.2, -0.15) is 0 Å². The van der Waals surface area contributed by atoms with Crippen LogP contribution in [0.3, 0.4) is 0 Å². The van der Waals surface area contributed by atoms with E-state index in [1.165, 1.54) is 0 Å². The van der Waals surface area contributed by atoms with Gasteiger partial charge in [0, 0.05) is 41.8 Å². The summed E-state index contributed by atoms with van der Waals surface area (Å²) in [5.41, 5.74) is 2.12. The highest BCUT2D eigenvalue weighted by molar-refractivity contribution is 6.30. The van der Waals surface area contributed by atoms with Gasteiger partial charge in [-0.15, -0.1) is 0 Å². The second-order valence-corrected chi connectivity index (χ2v) is 7.98. The molecule has 0 saturated heterocycles. The standard InChI is InChI=1S/C23H27ClN4O3/c24-19-9-5-16(6-10-19)15-27-23(31)26-14-13-25-21(29)18-7-11-20(12-8-18)28-22(30)17-3-1-2-4-17/h5-12,17H,1-4,13-15H2,(H,25,29)(H,28,30)(H2,26,27,31). The number of urea groups is 1. The summed E-state index contributed by atoms with van der Waals surface area (Å²) in [7, 11) is 0. The first-order chi connectivity index (χ1) is 15.0. The molecule has 0 heterocycles. The Labute approximate surface area is 186 Å². The highest BCUT2D eigenvalue weighted by atomic mass is 35.5. The zero-order valence-electron chi connectivity index (χ0n) is 17.2. The first kappa shape index (κ1) is 22.6. The molecule has 0 radical (unpaired) electrons. The number of hydrogen-bond donors (Lipinski definition) is 4. The van der Waals surface area contributed by atoms with E-state index in [4.69, 9.17) is 11.6 Å². The number of amides is 4. The second kappa shape index (κ2) is 11.4. The van der Waals surface area contributed by atoms with Gasteiger partial charge in [0.05, 0.1) is 0 Å². The minimum atomic E-state index is -0.313. The maximum Gasteiger partial charge on any atom is 0.315 e. The van der Waals surface area contributed by atoms with Crippen molar-refractivity contribution < 1.29 is 14.4 Å². The fourth-order valence-corrected chi connectivity index (χ4v) is 3.56. The fourth-order valence-electron chi connectivity index (χ4n) is 3.44. The second-order valence-electron chi connectivity index (χ2n) is 7.54. The molecule has 3 rings (SSSR count). The van der Waals surface area contributed by atoms with Gasteiger partial charge in [-0.05, 0) is 54.8 Å². The Morgan fingerprint density at radius 3 is 2.16 bits per heavy atom. The van der Waals surface area contributed by atoms with Gasteiger partial charge in [0.2, 0.25) is 5.91 Å². The minimum absolute atomic E-state index is 0.0510. The molecule has 0 aliphatic heterocycles. The summed E-state index contributed by atoms with van der Waals surface area (Å²) >= 11 is 5.83. The average molecular weight is 443 g/mol. The van der Waals surface area contributed by atoms with Gasteiger partial charge in [-0.1, -0.05) is 36.6 Å². The van der Waals surface area contributed by atoms with Crippen LogP contribution in [0.5, 0.6) is 0 Å². The molecule has 0 aromatic heterocycles. The van der Waals surface area contributed by atoms with Crippen molar-refractivity contribution in [2.45, 2.75) is 32.2 Å². The van der Waals surface area contributed by atoms with E-state index in [-0.39, 0.29) is 23.8 Å². The molecule has 1 aliphatic carbocycles. The lowest BCUT2D eigenvalue weighted by atomic mass is 10.1. The lowest BCUT2D eigenvalue weighted by Crippen LogP contribution is -2.40. The van der Waals surface area contributed by atoms with Crippen molar-refractivity contribution in [1.82, 2.24) is 16.0 Å². The normalized spacial score (nSPS) is 13.5. The zero-order chi connectivity index (χ0) is 22.1. The van der Waals surface area contributed by atoms with Crippen molar-refractivity contribution in [3.63, 3.8) is 0 Å². The largest absolute Gasteiger partial charge is 0.350 e. The molecule has 164 valence electrons. The Kier molecular flexibility index (Phi) is 8.29. The maximum absolute atomic E-state index is 12.2. The van der Waals surface area contributed by atoms with Crippen LogP contribution in [-0.2, 0) is 11.3 Å². The number of benzene rings is 2. The molecule has 4 amide bonds. The quantitative estimate of drug-likeness (QED) is 0.469. The van der Waals surface area contributed by atoms with Crippen molar-refractivity contribution in [2.75, 3.05) is 18.4 Å². The summed E-state index contributed by atoms with van der Waals surface area (Å²) in [6, 6.07) is 13.7. The van der Waals surface area contributed by atoms with Crippen LogP contribution in [0, 0.1) is 5.92 Å². The molecular formula is C23H27ClN4O3. The Hall–Kier alpha value is -3.06. The SMILES string of the molecule is O=C(NCCNC(=O)c1ccc(NC(=O)C2CCCC2)cc1)NCc1ccc(Cl)cc1. The van der Waals surface area contributed by atoms with Crippen molar-refractivity contribution in [3.8, 4) is 0 Å². The van der Waals surface area contributed by atoms with Crippen LogP contribution in [0.1, 0.15) is 41.6 Å². The predicted molar refractivity (Wildman–Crippen MR) is 121 cm³/mol. The summed E-state index contributed by atoms with van der Waals surface area (Å²) in [5.74, 6) is -0.0916. The van der Waals surface area contributed by atoms with E-state index in [0.717, 1.165) is 31.2 Å². The lowest BCUT2D eigenvalue weighted by molar-refractivity contribution is -0.119. The van der Waals surface area contributed by atoms with Gasteiger partial charge in [0.1, 0.15) is 0 Å². The number of carbonyl (C=O) groups excluding carboxylic acids is 3. The molecule has 2 aromatic rings. The molecule has 0 unspecified atom stereocenters. The van der Waals surface area contributed by atoms with Crippen LogP contribution in [0.2, 0.25) is 5.02 Å². The Morgan fingerprint density at radius 2 is 1.48 bits per heavy atom. The van der Waals surface area contributed by atoms with E-state index in [2.05, 4.69) is 21.3 Å². The van der Waals surface area contributed by atoms with Crippen LogP contribution < -0.4 is 21.3 Å². The summed E-state index contributed by atoms with van der Waals surface area (Å²) in [6.07, 6.45) is 4.10. The third kappa shape index (κ3) is 7.29. The van der Waals surface area contributed by atoms with Crippen molar-refractivity contribution in [2.24, 2.45) is 5.92 Å². The Balaban J connectivity index is 1.33. The minimum Gasteiger partial charge on any atom is -0.350 e. The third-order valence-electron chi connectivity index (χ3n) is 5.20. The average Bonchev–Trinajstić information content (AvgIpc) is 3.32. The lowest BCUT2D eigenvalue weighted by Gasteiger charge is -2.11. The summed E-state index contributed by atoms with van der Waals surface area (Å²) in [4.78, 5) is 36.2. The highest BCUT2D eigenvalue weighted by Crippen LogP contribution is 2.26. The molecule has 31 heavy (non-hydrogen) atoms. The maximum atomic E-state index is 12.2. The van der Waals surface area contributed by atoms with Gasteiger partial charge >= 0.3 is 6.03 Å². The fraction of sp³-hybridized carbons (Fsp3) is 0.348. The topological polar surface area (TPSA) is 99.3 Å². The molecule has 8 heteroatoms. The van der Waals surface area contributed by atoms with Crippen molar-refractivity contribution in [1.29, 1.82) is 0 Å². The molecule has 1 fully saturated rings. The summed E-state index contributed by atoms with van der Waals surface area (Å²) < 4.78 is 0. The molecule has 2 aromatic carbocycles. The summed E-state index contributed by atoms with van der Waals surface area (Å²) in [6.45, 7) is 0.986. The zero-order valence-corrected chi connectivity index (χ0v) is 18.0. The smallest absolute Gasteiger partial charge is 0.315 e. The Bertz CT molecular complexity index is 894. The number of halogens is 1. The van der Waals surface area contributed by atoms with Gasteiger partial charge in [-0.3, -0.25) is 9.59 Å². The van der Waals surface area contributed by atoms with E-state index >= 15 is 0 Å². The number of anilines is 1. The van der Waals surface area contributed by atoms with E-state index in [1.807, 2.05) is 12.1 Å². The first-order valence-electron chi connectivity index (χ1n) is 10.5. The van der Waals surface area contributed by atoms with Gasteiger partial charge in [-0.25, -0.2) is 4.79 Å². The van der Waals surface area contributed by atoms with Gasteiger partial charge in [0.25, 0.3) is 5.91 Å². The molecule has 0 spiro atoms. The molecule has 0 atom stereocenters. The van der Waals surface area contributed by atoms with Crippen LogP contribution >= 0.6 is 11.6 Å². The number of rotatable bonds is 8. The van der Waals surface area contributed by atoms with Crippen molar-refractivity contribution >= 4 is 35.1 Å². The van der Waals surface area contributed by atoms with Gasteiger partial charge in [0.15, 0.2) is 0 Å². The van der Waals surface area contributed by atoms with E-state index < -0.39 is 0 Å². The van der Waals surface area contributed by atoms with Crippen LogP contribution in [0.25, 0.3) is 0 Å². The van der Waals surface area contributed by atoms with Crippen molar-refractivity contribution in [3.05, 3.63) is 64.7 Å². The van der Waals surface area contributed by atoms with Crippen LogP contribution in [0.15, 0.2) is 48.5 Å². The van der Waals surface area contributed by atoms with E-state index in [1.54, 1.807) is 36.4 Å². The molecule has 1 aliphatic rings. The first-order valence-corrected chi connectivity index (χ1v) is 10.8. The predicted octanol–water partition coefficient (Wildman–Crippen LogP) is 3.70. The highest BCUT2D eigenvalue weighted by Gasteiger charge is 2.22. The van der Waals surface area contributed by atoms with Gasteiger partial charge < -0.3 is 21.3 Å². The monoisotopic (exact) mass is 442 g/mol. The number of nitrogens with one attached hydrogen (secondary N) is 4. The Morgan fingerprint density at radius 1 is 0.839 bits per heavy atom. The number of hydrogen-bond acceptors (Lipinski definition) is 3. The molecule has 1 saturated carbocycles. The van der Waals surface area contributed by atoms with Crippen LogP contribution in [0.4, 0.5) is 10.5 Å². The third-order valence-corrected chi connectivity index (χ3v) is 5.46. The van der Waals surface area contributed by atoms with Crippen LogP contribution in [-0.4, -0.2) is 30.9 Å².